The lowest BCUT2D eigenvalue weighted by Gasteiger charge is -2.33. The van der Waals surface area contributed by atoms with Crippen LogP contribution in [0.1, 0.15) is 35.3 Å². The molecule has 3 rings (SSSR count). The van der Waals surface area contributed by atoms with Crippen molar-refractivity contribution in [3.63, 3.8) is 0 Å². The Bertz CT molecular complexity index is 759. The molecule has 0 radical (unpaired) electrons. The molecule has 0 fully saturated rings. The Kier molecular flexibility index (Phi) is 5.12. The number of hydrogen-bond donors (Lipinski definition) is 1. The Morgan fingerprint density at radius 1 is 1.08 bits per heavy atom. The summed E-state index contributed by atoms with van der Waals surface area (Å²) in [5.74, 6) is -0.255. The van der Waals surface area contributed by atoms with E-state index in [1.807, 2.05) is 30.9 Å². The predicted molar refractivity (Wildman–Crippen MR) is 95.9 cm³/mol. The van der Waals surface area contributed by atoms with E-state index in [2.05, 4.69) is 22.4 Å². The zero-order valence-corrected chi connectivity index (χ0v) is 14.6. The molecule has 2 amide bonds. The standard InChI is InChI=1S/C20H23N3O2/c1-14(2)18(22-19(24)16-7-10-21-11-8-16)20(25)23-12-9-15-5-3-4-6-17(15)13-23/h3-8,10-11,14,18H,9,12-13H2,1-2H3,(H,22,24)/t18-/m1/s1. The number of pyridine rings is 1. The molecule has 1 atom stereocenters. The van der Waals surface area contributed by atoms with Crippen LogP contribution in [0.5, 0.6) is 0 Å². The highest BCUT2D eigenvalue weighted by Crippen LogP contribution is 2.20. The number of fused-ring (bicyclic) bond motifs is 1. The van der Waals surface area contributed by atoms with Gasteiger partial charge in [0.15, 0.2) is 0 Å². The summed E-state index contributed by atoms with van der Waals surface area (Å²) in [5, 5.41) is 2.90. The van der Waals surface area contributed by atoms with Crippen LogP contribution < -0.4 is 5.32 Å². The van der Waals surface area contributed by atoms with Crippen LogP contribution in [0.15, 0.2) is 48.8 Å². The molecular weight excluding hydrogens is 314 g/mol. The van der Waals surface area contributed by atoms with Crippen molar-refractivity contribution >= 4 is 11.8 Å². The molecular formula is C20H23N3O2. The first kappa shape index (κ1) is 17.1. The third kappa shape index (κ3) is 3.87. The van der Waals surface area contributed by atoms with Crippen molar-refractivity contribution in [3.05, 3.63) is 65.5 Å². The van der Waals surface area contributed by atoms with Crippen molar-refractivity contribution in [2.75, 3.05) is 6.54 Å². The topological polar surface area (TPSA) is 62.3 Å². The molecule has 1 N–H and O–H groups in total. The molecule has 0 saturated heterocycles. The summed E-state index contributed by atoms with van der Waals surface area (Å²) in [7, 11) is 0. The van der Waals surface area contributed by atoms with E-state index in [4.69, 9.17) is 0 Å². The maximum atomic E-state index is 13.0. The van der Waals surface area contributed by atoms with Gasteiger partial charge in [-0.25, -0.2) is 0 Å². The second-order valence-corrected chi connectivity index (χ2v) is 6.71. The molecule has 0 saturated carbocycles. The van der Waals surface area contributed by atoms with Gasteiger partial charge in [-0.05, 0) is 35.6 Å². The van der Waals surface area contributed by atoms with Gasteiger partial charge in [-0.1, -0.05) is 38.1 Å². The van der Waals surface area contributed by atoms with E-state index in [1.54, 1.807) is 24.5 Å². The number of carbonyl (C=O) groups is 2. The molecule has 0 spiro atoms. The zero-order valence-electron chi connectivity index (χ0n) is 14.6. The minimum absolute atomic E-state index is 0.00968. The van der Waals surface area contributed by atoms with Gasteiger partial charge in [-0.2, -0.15) is 0 Å². The number of benzene rings is 1. The minimum atomic E-state index is -0.536. The molecule has 0 bridgehead atoms. The molecule has 5 nitrogen and oxygen atoms in total. The number of amides is 2. The van der Waals surface area contributed by atoms with Crippen molar-refractivity contribution in [1.82, 2.24) is 15.2 Å². The van der Waals surface area contributed by atoms with Gasteiger partial charge < -0.3 is 10.2 Å². The maximum absolute atomic E-state index is 13.0. The van der Waals surface area contributed by atoms with Gasteiger partial charge in [0.25, 0.3) is 5.91 Å². The largest absolute Gasteiger partial charge is 0.340 e. The number of nitrogens with one attached hydrogen (secondary N) is 1. The van der Waals surface area contributed by atoms with Gasteiger partial charge in [0.2, 0.25) is 5.91 Å². The van der Waals surface area contributed by atoms with E-state index < -0.39 is 6.04 Å². The number of nitrogens with zero attached hydrogens (tertiary/aromatic N) is 2. The normalized spacial score (nSPS) is 14.8. The third-order valence-corrected chi connectivity index (χ3v) is 4.60. The first-order chi connectivity index (χ1) is 12.1. The van der Waals surface area contributed by atoms with Crippen LogP contribution in [0.4, 0.5) is 0 Å². The second-order valence-electron chi connectivity index (χ2n) is 6.71. The van der Waals surface area contributed by atoms with Gasteiger partial charge >= 0.3 is 0 Å². The minimum Gasteiger partial charge on any atom is -0.340 e. The van der Waals surface area contributed by atoms with E-state index >= 15 is 0 Å². The Morgan fingerprint density at radius 2 is 1.76 bits per heavy atom. The van der Waals surface area contributed by atoms with Gasteiger partial charge in [-0.3, -0.25) is 14.6 Å². The maximum Gasteiger partial charge on any atom is 0.252 e. The smallest absolute Gasteiger partial charge is 0.252 e. The van der Waals surface area contributed by atoms with Crippen molar-refractivity contribution in [1.29, 1.82) is 0 Å². The van der Waals surface area contributed by atoms with Crippen molar-refractivity contribution in [2.24, 2.45) is 5.92 Å². The first-order valence-electron chi connectivity index (χ1n) is 8.62. The molecule has 1 aromatic carbocycles. The molecule has 0 aliphatic carbocycles. The van der Waals surface area contributed by atoms with Crippen LogP contribution in [-0.4, -0.2) is 34.3 Å². The fraction of sp³-hybridized carbons (Fsp3) is 0.350. The lowest BCUT2D eigenvalue weighted by Crippen LogP contribution is -2.52. The molecule has 2 aromatic rings. The van der Waals surface area contributed by atoms with Gasteiger partial charge in [0.1, 0.15) is 6.04 Å². The fourth-order valence-electron chi connectivity index (χ4n) is 3.12. The lowest BCUT2D eigenvalue weighted by molar-refractivity contribution is -0.135. The Balaban J connectivity index is 1.73. The summed E-state index contributed by atoms with van der Waals surface area (Å²) in [6, 6.07) is 11.0. The average Bonchev–Trinajstić information content (AvgIpc) is 2.65. The summed E-state index contributed by atoms with van der Waals surface area (Å²) >= 11 is 0. The second kappa shape index (κ2) is 7.47. The first-order valence-corrected chi connectivity index (χ1v) is 8.62. The molecule has 1 aliphatic rings. The van der Waals surface area contributed by atoms with Crippen LogP contribution in [0.3, 0.4) is 0 Å². The van der Waals surface area contributed by atoms with E-state index in [1.165, 1.54) is 11.1 Å². The molecule has 1 aromatic heterocycles. The van der Waals surface area contributed by atoms with Crippen molar-refractivity contribution in [2.45, 2.75) is 32.9 Å². The lowest BCUT2D eigenvalue weighted by atomic mass is 9.97. The Morgan fingerprint density at radius 3 is 2.44 bits per heavy atom. The summed E-state index contributed by atoms with van der Waals surface area (Å²) in [6.45, 7) is 5.19. The highest BCUT2D eigenvalue weighted by Gasteiger charge is 2.30. The number of aromatic nitrogens is 1. The van der Waals surface area contributed by atoms with Gasteiger partial charge in [0.05, 0.1) is 0 Å². The van der Waals surface area contributed by atoms with Crippen LogP contribution in [-0.2, 0) is 17.8 Å². The Labute approximate surface area is 148 Å². The van der Waals surface area contributed by atoms with Gasteiger partial charge in [0, 0.05) is 31.0 Å². The van der Waals surface area contributed by atoms with Crippen molar-refractivity contribution in [3.8, 4) is 0 Å². The molecule has 130 valence electrons. The molecule has 2 heterocycles. The van der Waals surface area contributed by atoms with Crippen LogP contribution in [0.25, 0.3) is 0 Å². The van der Waals surface area contributed by atoms with Gasteiger partial charge in [-0.15, -0.1) is 0 Å². The average molecular weight is 337 g/mol. The predicted octanol–water partition coefficient (Wildman–Crippen LogP) is 2.42. The summed E-state index contributed by atoms with van der Waals surface area (Å²) in [6.07, 6.45) is 4.00. The van der Waals surface area contributed by atoms with Crippen LogP contribution in [0, 0.1) is 5.92 Å². The number of hydrogen-bond acceptors (Lipinski definition) is 3. The molecule has 0 unspecified atom stereocenters. The summed E-state index contributed by atoms with van der Waals surface area (Å²) in [4.78, 5) is 31.2. The third-order valence-electron chi connectivity index (χ3n) is 4.60. The highest BCUT2D eigenvalue weighted by molar-refractivity contribution is 5.97. The SMILES string of the molecule is CC(C)[C@@H](NC(=O)c1ccncc1)C(=O)N1CCc2ccccc2C1. The van der Waals surface area contributed by atoms with E-state index in [-0.39, 0.29) is 17.7 Å². The Hall–Kier alpha value is -2.69. The van der Waals surface area contributed by atoms with Crippen molar-refractivity contribution < 1.29 is 9.59 Å². The monoisotopic (exact) mass is 337 g/mol. The quantitative estimate of drug-likeness (QED) is 0.932. The molecule has 25 heavy (non-hydrogen) atoms. The number of rotatable bonds is 4. The van der Waals surface area contributed by atoms with E-state index in [9.17, 15) is 9.59 Å². The molecule has 1 aliphatic heterocycles. The molecule has 5 heteroatoms. The fourth-order valence-corrected chi connectivity index (χ4v) is 3.12. The van der Waals surface area contributed by atoms with Crippen LogP contribution in [0.2, 0.25) is 0 Å². The highest BCUT2D eigenvalue weighted by atomic mass is 16.2. The van der Waals surface area contributed by atoms with Crippen LogP contribution >= 0.6 is 0 Å². The summed E-state index contributed by atoms with van der Waals surface area (Å²) in [5.41, 5.74) is 3.00. The van der Waals surface area contributed by atoms with E-state index in [0.717, 1.165) is 6.42 Å². The zero-order chi connectivity index (χ0) is 17.8. The summed E-state index contributed by atoms with van der Waals surface area (Å²) < 4.78 is 0. The van der Waals surface area contributed by atoms with E-state index in [0.29, 0.717) is 18.7 Å². The number of carbonyl (C=O) groups excluding carboxylic acids is 2.